The third-order valence-electron chi connectivity index (χ3n) is 7.54. The molecule has 0 unspecified atom stereocenters. The van der Waals surface area contributed by atoms with Crippen molar-refractivity contribution in [3.05, 3.63) is 83.7 Å². The number of hydrogen-bond donors (Lipinski definition) is 0. The fraction of sp³-hybridized carbons (Fsp3) is 0.438. The fourth-order valence-electron chi connectivity index (χ4n) is 5.39. The first kappa shape index (κ1) is 27.8. The Morgan fingerprint density at radius 3 is 1.49 bits per heavy atom. The number of halogens is 1. The predicted molar refractivity (Wildman–Crippen MR) is 155 cm³/mol. The third kappa shape index (κ3) is 6.70. The summed E-state index contributed by atoms with van der Waals surface area (Å²) in [5, 5.41) is 0. The van der Waals surface area contributed by atoms with Crippen LogP contribution in [0.4, 0.5) is 21.5 Å². The van der Waals surface area contributed by atoms with Gasteiger partial charge in [0.05, 0.1) is 0 Å². The van der Waals surface area contributed by atoms with Crippen molar-refractivity contribution >= 4 is 39.0 Å². The summed E-state index contributed by atoms with van der Waals surface area (Å²) < 4.78 is 21.7. The van der Waals surface area contributed by atoms with Crippen LogP contribution in [-0.2, 0) is 0 Å². The average molecular weight is 580 g/mol. The van der Waals surface area contributed by atoms with Crippen molar-refractivity contribution in [1.82, 2.24) is 0 Å². The molecule has 0 aliphatic carbocycles. The zero-order valence-electron chi connectivity index (χ0n) is 22.5. The van der Waals surface area contributed by atoms with Gasteiger partial charge in [0.1, 0.15) is 0 Å². The molecule has 3 aromatic carbocycles. The van der Waals surface area contributed by atoms with Gasteiger partial charge in [0.2, 0.25) is 0 Å². The van der Waals surface area contributed by atoms with Gasteiger partial charge >= 0.3 is 218 Å². The zero-order valence-corrected chi connectivity index (χ0v) is 25.4. The van der Waals surface area contributed by atoms with Crippen molar-refractivity contribution < 1.29 is 4.39 Å². The molecule has 0 saturated heterocycles. The van der Waals surface area contributed by atoms with E-state index in [2.05, 4.69) is 75.9 Å². The maximum atomic E-state index is 16.2. The van der Waals surface area contributed by atoms with Gasteiger partial charge in [-0.1, -0.05) is 0 Å². The second-order valence-corrected chi connectivity index (χ2v) is 23.4. The molecule has 0 atom stereocenters. The number of benzene rings is 3. The van der Waals surface area contributed by atoms with Gasteiger partial charge in [0, 0.05) is 0 Å². The van der Waals surface area contributed by atoms with Crippen molar-refractivity contribution in [3.63, 3.8) is 0 Å². The maximum absolute atomic E-state index is 16.2. The molecule has 3 aromatic rings. The van der Waals surface area contributed by atoms with Gasteiger partial charge in [-0.2, -0.15) is 0 Å². The Morgan fingerprint density at radius 1 is 0.629 bits per heavy atom. The van der Waals surface area contributed by atoms with Crippen molar-refractivity contribution in [1.29, 1.82) is 0 Å². The van der Waals surface area contributed by atoms with Crippen molar-refractivity contribution in [2.24, 2.45) is 0 Å². The van der Waals surface area contributed by atoms with E-state index in [-0.39, 0.29) is 5.82 Å². The first-order valence-electron chi connectivity index (χ1n) is 13.7. The molecule has 0 spiro atoms. The summed E-state index contributed by atoms with van der Waals surface area (Å²) in [4.78, 5) is 2.12. The molecule has 0 aliphatic heterocycles. The minimum absolute atomic E-state index is 0.0837. The van der Waals surface area contributed by atoms with Crippen molar-refractivity contribution in [3.8, 4) is 0 Å². The zero-order chi connectivity index (χ0) is 25.3. The number of nitrogens with zero attached hydrogens (tertiary/aromatic N) is 1. The summed E-state index contributed by atoms with van der Waals surface area (Å²) in [6, 6.07) is 22.9. The fourth-order valence-corrected chi connectivity index (χ4v) is 21.3. The molecule has 35 heavy (non-hydrogen) atoms. The molecule has 188 valence electrons. The number of rotatable bonds is 13. The molecule has 0 N–H and O–H groups in total. The van der Waals surface area contributed by atoms with Crippen LogP contribution in [0.2, 0.25) is 13.3 Å². The molecule has 0 saturated carbocycles. The molecule has 0 aliphatic rings. The van der Waals surface area contributed by atoms with Crippen LogP contribution in [0.1, 0.15) is 70.4 Å². The Labute approximate surface area is 217 Å². The third-order valence-corrected chi connectivity index (χ3v) is 23.1. The molecule has 0 radical (unpaired) electrons. The van der Waals surface area contributed by atoms with Gasteiger partial charge in [0.25, 0.3) is 0 Å². The molecular formula is C32H44FNSn. The number of hydrogen-bond acceptors (Lipinski definition) is 1. The number of para-hydroxylation sites is 2. The molecule has 0 fully saturated rings. The molecular weight excluding hydrogens is 536 g/mol. The summed E-state index contributed by atoms with van der Waals surface area (Å²) in [7, 11) is 0. The normalized spacial score (nSPS) is 11.6. The first-order chi connectivity index (χ1) is 17.0. The van der Waals surface area contributed by atoms with Gasteiger partial charge in [-0.15, -0.1) is 0 Å². The topological polar surface area (TPSA) is 3.24 Å². The van der Waals surface area contributed by atoms with Crippen LogP contribution in [0.5, 0.6) is 0 Å². The molecule has 0 amide bonds. The summed E-state index contributed by atoms with van der Waals surface area (Å²) in [5.41, 5.74) is 5.00. The van der Waals surface area contributed by atoms with E-state index in [1.54, 1.807) is 0 Å². The molecule has 0 heterocycles. The number of anilines is 3. The van der Waals surface area contributed by atoms with Crippen molar-refractivity contribution in [2.75, 3.05) is 4.90 Å². The van der Waals surface area contributed by atoms with Crippen LogP contribution in [0, 0.1) is 19.7 Å². The number of aryl methyl sites for hydroxylation is 2. The second-order valence-electron chi connectivity index (χ2n) is 10.2. The standard InChI is InChI=1S/C20H17FN.3C4H9.Sn/c1-15-9-3-6-12-18(15)22(19-13-7-4-10-16(19)2)20-14-8-5-11-17(20)21;3*1-3-4-2;/h3-4,6-14H,1-2H3;3*1,3-4H2,2H3;. The monoisotopic (exact) mass is 581 g/mol. The molecule has 3 rings (SSSR count). The predicted octanol–water partition coefficient (Wildman–Crippen LogP) is 9.97. The van der Waals surface area contributed by atoms with Crippen LogP contribution >= 0.6 is 0 Å². The van der Waals surface area contributed by atoms with E-state index in [9.17, 15) is 0 Å². The van der Waals surface area contributed by atoms with Crippen molar-refractivity contribution in [2.45, 2.75) is 86.5 Å². The molecule has 3 heteroatoms. The van der Waals surface area contributed by atoms with E-state index in [1.165, 1.54) is 55.4 Å². The quantitative estimate of drug-likeness (QED) is 0.182. The van der Waals surface area contributed by atoms with E-state index in [0.717, 1.165) is 22.5 Å². The van der Waals surface area contributed by atoms with Crippen LogP contribution in [-0.4, -0.2) is 18.4 Å². The molecule has 1 nitrogen and oxygen atoms in total. The molecule has 0 aromatic heterocycles. The van der Waals surface area contributed by atoms with E-state index in [0.29, 0.717) is 5.69 Å². The Morgan fingerprint density at radius 2 is 1.09 bits per heavy atom. The summed E-state index contributed by atoms with van der Waals surface area (Å²) in [6.45, 7) is 11.1. The first-order valence-corrected chi connectivity index (χ1v) is 21.2. The Kier molecular flexibility index (Phi) is 10.7. The summed E-state index contributed by atoms with van der Waals surface area (Å²) in [6.07, 6.45) is 7.53. The average Bonchev–Trinajstić information content (AvgIpc) is 2.87. The van der Waals surface area contributed by atoms with Crippen LogP contribution in [0.15, 0.2) is 66.7 Å². The van der Waals surface area contributed by atoms with Crippen LogP contribution in [0.25, 0.3) is 0 Å². The van der Waals surface area contributed by atoms with Gasteiger partial charge in [-0.25, -0.2) is 0 Å². The van der Waals surface area contributed by atoms with Crippen LogP contribution < -0.4 is 8.48 Å². The Bertz CT molecular complexity index is 1010. The van der Waals surface area contributed by atoms with Crippen LogP contribution in [0.3, 0.4) is 0 Å². The van der Waals surface area contributed by atoms with Gasteiger partial charge in [0.15, 0.2) is 0 Å². The van der Waals surface area contributed by atoms with E-state index >= 15 is 4.39 Å². The van der Waals surface area contributed by atoms with E-state index < -0.39 is 18.4 Å². The second kappa shape index (κ2) is 13.5. The Balaban J connectivity index is 2.14. The van der Waals surface area contributed by atoms with Gasteiger partial charge < -0.3 is 0 Å². The van der Waals surface area contributed by atoms with E-state index in [4.69, 9.17) is 0 Å². The van der Waals surface area contributed by atoms with Gasteiger partial charge in [-0.05, 0) is 0 Å². The summed E-state index contributed by atoms with van der Waals surface area (Å²) >= 11 is -2.70. The SMILES string of the molecule is CCC[CH2][Sn]([CH2]CCC)([CH2]CCC)[c]1ccc(N(c2ccccc2C)c2ccccc2C)c(F)c1. The number of unbranched alkanes of at least 4 members (excludes halogenated alkanes) is 3. The van der Waals surface area contributed by atoms with Gasteiger partial charge in [-0.3, -0.25) is 0 Å². The Hall–Kier alpha value is -1.81. The minimum atomic E-state index is -2.70. The van der Waals surface area contributed by atoms with E-state index in [1.807, 2.05) is 30.3 Å². The molecule has 0 bridgehead atoms. The summed E-state index contributed by atoms with van der Waals surface area (Å²) in [5.74, 6) is -0.0837.